The van der Waals surface area contributed by atoms with Gasteiger partial charge in [-0.2, -0.15) is 0 Å². The maximum atomic E-state index is 13.2. The first-order chi connectivity index (χ1) is 8.22. The van der Waals surface area contributed by atoms with Gasteiger partial charge in [-0.15, -0.1) is 0 Å². The molecule has 0 aliphatic carbocycles. The van der Waals surface area contributed by atoms with Gasteiger partial charge in [-0.1, -0.05) is 0 Å². The largest absolute Gasteiger partial charge is 0.396 e. The molecule has 0 heterocycles. The zero-order valence-electron chi connectivity index (χ0n) is 10.6. The molecule has 0 amide bonds. The van der Waals surface area contributed by atoms with Crippen LogP contribution in [0.4, 0.5) is 10.1 Å². The zero-order valence-corrected chi connectivity index (χ0v) is 11.5. The van der Waals surface area contributed by atoms with Crippen molar-refractivity contribution in [3.05, 3.63) is 24.0 Å². The molecular weight excluding hydrogens is 257 g/mol. The van der Waals surface area contributed by atoms with Gasteiger partial charge in [-0.05, 0) is 39.2 Å². The van der Waals surface area contributed by atoms with Crippen molar-refractivity contribution in [3.63, 3.8) is 0 Å². The van der Waals surface area contributed by atoms with Crippen molar-refractivity contribution in [3.8, 4) is 0 Å². The molecule has 3 N–H and O–H groups in total. The monoisotopic (exact) mass is 275 g/mol. The van der Waals surface area contributed by atoms with Crippen molar-refractivity contribution >= 4 is 15.7 Å². The van der Waals surface area contributed by atoms with Crippen molar-refractivity contribution in [1.29, 1.82) is 0 Å². The molecule has 1 aromatic carbocycles. The zero-order chi connectivity index (χ0) is 13.9. The normalized spacial score (nSPS) is 13.8. The summed E-state index contributed by atoms with van der Waals surface area (Å²) in [6.45, 7) is 2.29. The van der Waals surface area contributed by atoms with Gasteiger partial charge in [0, 0.05) is 12.6 Å². The molecule has 7 heteroatoms. The number of nitrogens with zero attached hydrogens (tertiary/aromatic N) is 1. The van der Waals surface area contributed by atoms with Crippen LogP contribution in [0.5, 0.6) is 0 Å². The Bertz CT molecular complexity index is 517. The fourth-order valence-corrected chi connectivity index (χ4v) is 2.84. The molecular formula is C11H18FN3O2S. The number of nitrogens with two attached hydrogens (primary N) is 1. The van der Waals surface area contributed by atoms with E-state index >= 15 is 0 Å². The Kier molecular flexibility index (Phi) is 4.66. The highest BCUT2D eigenvalue weighted by atomic mass is 32.2. The van der Waals surface area contributed by atoms with E-state index in [1.807, 2.05) is 19.0 Å². The molecule has 0 aromatic heterocycles. The van der Waals surface area contributed by atoms with E-state index in [2.05, 4.69) is 4.72 Å². The van der Waals surface area contributed by atoms with Crippen LogP contribution >= 0.6 is 0 Å². The van der Waals surface area contributed by atoms with Crippen molar-refractivity contribution in [2.75, 3.05) is 26.4 Å². The predicted octanol–water partition coefficient (Wildman–Crippen LogP) is 0.636. The third kappa shape index (κ3) is 3.94. The van der Waals surface area contributed by atoms with E-state index in [9.17, 15) is 12.8 Å². The number of nitrogens with one attached hydrogen (secondary N) is 1. The first-order valence-electron chi connectivity index (χ1n) is 5.44. The lowest BCUT2D eigenvalue weighted by atomic mass is 10.3. The molecule has 1 unspecified atom stereocenters. The number of likely N-dealkylation sites (N-methyl/N-ethyl adjacent to an activating group) is 1. The first-order valence-corrected chi connectivity index (χ1v) is 6.93. The van der Waals surface area contributed by atoms with Crippen LogP contribution in [0, 0.1) is 5.82 Å². The summed E-state index contributed by atoms with van der Waals surface area (Å²) < 4.78 is 39.6. The number of anilines is 1. The van der Waals surface area contributed by atoms with E-state index in [-0.39, 0.29) is 16.6 Å². The highest BCUT2D eigenvalue weighted by molar-refractivity contribution is 7.89. The number of hydrogen-bond donors (Lipinski definition) is 2. The number of benzene rings is 1. The second-order valence-corrected chi connectivity index (χ2v) is 6.18. The minimum Gasteiger partial charge on any atom is -0.396 e. The summed E-state index contributed by atoms with van der Waals surface area (Å²) in [5.41, 5.74) is 5.23. The molecule has 0 saturated heterocycles. The molecule has 0 saturated carbocycles. The summed E-state index contributed by atoms with van der Waals surface area (Å²) in [5.74, 6) is -0.738. The second kappa shape index (κ2) is 5.64. The van der Waals surface area contributed by atoms with Crippen LogP contribution in [-0.2, 0) is 10.0 Å². The molecule has 0 fully saturated rings. The molecule has 0 radical (unpaired) electrons. The Morgan fingerprint density at radius 3 is 2.56 bits per heavy atom. The van der Waals surface area contributed by atoms with E-state index in [4.69, 9.17) is 5.73 Å². The molecule has 5 nitrogen and oxygen atoms in total. The number of hydrogen-bond acceptors (Lipinski definition) is 4. The molecule has 1 rings (SSSR count). The number of sulfonamides is 1. The fraction of sp³-hybridized carbons (Fsp3) is 0.455. The van der Waals surface area contributed by atoms with Gasteiger partial charge in [-0.25, -0.2) is 17.5 Å². The molecule has 0 aliphatic rings. The average Bonchev–Trinajstić information content (AvgIpc) is 2.19. The van der Waals surface area contributed by atoms with Crippen LogP contribution in [0.25, 0.3) is 0 Å². The van der Waals surface area contributed by atoms with Gasteiger partial charge < -0.3 is 10.6 Å². The van der Waals surface area contributed by atoms with Gasteiger partial charge in [0.05, 0.1) is 10.6 Å². The Balaban J connectivity index is 2.89. The van der Waals surface area contributed by atoms with Crippen LogP contribution in [0.1, 0.15) is 6.92 Å². The topological polar surface area (TPSA) is 75.4 Å². The Morgan fingerprint density at radius 2 is 2.06 bits per heavy atom. The summed E-state index contributed by atoms with van der Waals surface area (Å²) in [4.78, 5) is 1.73. The maximum absolute atomic E-state index is 13.2. The third-order valence-electron chi connectivity index (χ3n) is 2.28. The Labute approximate surface area is 107 Å². The number of halogens is 1. The quantitative estimate of drug-likeness (QED) is 0.773. The lowest BCUT2D eigenvalue weighted by Gasteiger charge is -2.18. The first kappa shape index (κ1) is 14.9. The lowest BCUT2D eigenvalue weighted by Crippen LogP contribution is -2.39. The van der Waals surface area contributed by atoms with Crippen LogP contribution in [0.2, 0.25) is 0 Å². The van der Waals surface area contributed by atoms with Crippen LogP contribution < -0.4 is 10.5 Å². The number of nitrogen functional groups attached to an aromatic ring is 1. The minimum atomic E-state index is -3.72. The van der Waals surface area contributed by atoms with Crippen LogP contribution in [0.15, 0.2) is 23.1 Å². The molecule has 0 bridgehead atoms. The van der Waals surface area contributed by atoms with Crippen molar-refractivity contribution in [1.82, 2.24) is 9.62 Å². The molecule has 102 valence electrons. The van der Waals surface area contributed by atoms with E-state index in [1.54, 1.807) is 6.92 Å². The van der Waals surface area contributed by atoms with E-state index in [0.29, 0.717) is 6.54 Å². The Morgan fingerprint density at radius 1 is 1.44 bits per heavy atom. The summed E-state index contributed by atoms with van der Waals surface area (Å²) in [5, 5.41) is 0. The predicted molar refractivity (Wildman–Crippen MR) is 69.1 cm³/mol. The third-order valence-corrected chi connectivity index (χ3v) is 3.86. The number of rotatable bonds is 5. The molecule has 1 atom stereocenters. The fourth-order valence-electron chi connectivity index (χ4n) is 1.59. The summed E-state index contributed by atoms with van der Waals surface area (Å²) in [6.07, 6.45) is 0. The van der Waals surface area contributed by atoms with Crippen LogP contribution in [0.3, 0.4) is 0 Å². The second-order valence-electron chi connectivity index (χ2n) is 4.47. The summed E-state index contributed by atoms with van der Waals surface area (Å²) in [6, 6.07) is 3.16. The van der Waals surface area contributed by atoms with E-state index in [1.165, 1.54) is 12.1 Å². The van der Waals surface area contributed by atoms with Gasteiger partial charge in [-0.3, -0.25) is 0 Å². The van der Waals surface area contributed by atoms with Crippen LogP contribution in [-0.4, -0.2) is 40.0 Å². The highest BCUT2D eigenvalue weighted by Crippen LogP contribution is 2.16. The highest BCUT2D eigenvalue weighted by Gasteiger charge is 2.18. The molecule has 0 spiro atoms. The van der Waals surface area contributed by atoms with Crippen molar-refractivity contribution in [2.45, 2.75) is 17.9 Å². The van der Waals surface area contributed by atoms with E-state index in [0.717, 1.165) is 6.07 Å². The SMILES string of the molecule is CC(CN(C)C)NS(=O)(=O)c1ccc(N)c(F)c1. The smallest absolute Gasteiger partial charge is 0.240 e. The average molecular weight is 275 g/mol. The molecule has 0 aliphatic heterocycles. The standard InChI is InChI=1S/C11H18FN3O2S/c1-8(7-15(2)3)14-18(16,17)9-4-5-11(13)10(12)6-9/h4-6,8,14H,7,13H2,1-3H3. The Hall–Kier alpha value is -1.18. The van der Waals surface area contributed by atoms with Crippen molar-refractivity contribution < 1.29 is 12.8 Å². The maximum Gasteiger partial charge on any atom is 0.240 e. The van der Waals surface area contributed by atoms with Crippen molar-refractivity contribution in [2.24, 2.45) is 0 Å². The minimum absolute atomic E-state index is 0.0738. The summed E-state index contributed by atoms with van der Waals surface area (Å²) >= 11 is 0. The van der Waals surface area contributed by atoms with Gasteiger partial charge in [0.1, 0.15) is 5.82 Å². The molecule has 1 aromatic rings. The van der Waals surface area contributed by atoms with Gasteiger partial charge in [0.25, 0.3) is 0 Å². The molecule has 18 heavy (non-hydrogen) atoms. The van der Waals surface area contributed by atoms with Gasteiger partial charge in [0.2, 0.25) is 10.0 Å². The lowest BCUT2D eigenvalue weighted by molar-refractivity contribution is 0.370. The van der Waals surface area contributed by atoms with E-state index < -0.39 is 15.8 Å². The summed E-state index contributed by atoms with van der Waals surface area (Å²) in [7, 11) is -0.0347. The van der Waals surface area contributed by atoms with Gasteiger partial charge >= 0.3 is 0 Å². The van der Waals surface area contributed by atoms with Gasteiger partial charge in [0.15, 0.2) is 0 Å².